The van der Waals surface area contributed by atoms with E-state index < -0.39 is 0 Å². The number of nitrogens with two attached hydrogens (primary N) is 1. The summed E-state index contributed by atoms with van der Waals surface area (Å²) in [5, 5.41) is 0. The zero-order chi connectivity index (χ0) is 12.1. The molecule has 1 saturated carbocycles. The summed E-state index contributed by atoms with van der Waals surface area (Å²) < 4.78 is 18.8. The predicted molar refractivity (Wildman–Crippen MR) is 66.4 cm³/mol. The van der Waals surface area contributed by atoms with E-state index >= 15 is 0 Å². The highest BCUT2D eigenvalue weighted by atomic mass is 19.1. The first-order valence-corrected chi connectivity index (χ1v) is 6.41. The van der Waals surface area contributed by atoms with E-state index in [1.165, 1.54) is 44.2 Å². The molecule has 1 aromatic rings. The number of benzene rings is 1. The Labute approximate surface area is 102 Å². The van der Waals surface area contributed by atoms with Crippen LogP contribution in [0.3, 0.4) is 0 Å². The SMILES string of the molecule is NCc1cc(F)ccc1OCC1CCCCC1. The molecule has 0 saturated heterocycles. The van der Waals surface area contributed by atoms with E-state index in [0.29, 0.717) is 12.5 Å². The molecular formula is C14H20FNO. The van der Waals surface area contributed by atoms with Crippen LogP contribution in [0.1, 0.15) is 37.7 Å². The van der Waals surface area contributed by atoms with E-state index in [2.05, 4.69) is 0 Å². The van der Waals surface area contributed by atoms with Crippen LogP contribution < -0.4 is 10.5 Å². The quantitative estimate of drug-likeness (QED) is 0.872. The molecule has 3 heteroatoms. The largest absolute Gasteiger partial charge is 0.493 e. The van der Waals surface area contributed by atoms with Gasteiger partial charge >= 0.3 is 0 Å². The third-order valence-electron chi connectivity index (χ3n) is 3.44. The van der Waals surface area contributed by atoms with E-state index in [-0.39, 0.29) is 5.82 Å². The third-order valence-corrected chi connectivity index (χ3v) is 3.44. The minimum Gasteiger partial charge on any atom is -0.493 e. The highest BCUT2D eigenvalue weighted by Crippen LogP contribution is 2.26. The molecule has 0 bridgehead atoms. The summed E-state index contributed by atoms with van der Waals surface area (Å²) in [6.45, 7) is 1.05. The van der Waals surface area contributed by atoms with Crippen molar-refractivity contribution in [2.75, 3.05) is 6.61 Å². The van der Waals surface area contributed by atoms with Crippen molar-refractivity contribution in [3.8, 4) is 5.75 Å². The number of hydrogen-bond acceptors (Lipinski definition) is 2. The lowest BCUT2D eigenvalue weighted by Crippen LogP contribution is -2.16. The second-order valence-electron chi connectivity index (χ2n) is 4.77. The van der Waals surface area contributed by atoms with Crippen LogP contribution in [-0.2, 0) is 6.54 Å². The zero-order valence-corrected chi connectivity index (χ0v) is 10.1. The Balaban J connectivity index is 1.93. The van der Waals surface area contributed by atoms with E-state index in [9.17, 15) is 4.39 Å². The van der Waals surface area contributed by atoms with Crippen LogP contribution in [0.4, 0.5) is 4.39 Å². The van der Waals surface area contributed by atoms with E-state index in [4.69, 9.17) is 10.5 Å². The maximum absolute atomic E-state index is 13.0. The fraction of sp³-hybridized carbons (Fsp3) is 0.571. The normalized spacial score (nSPS) is 17.1. The van der Waals surface area contributed by atoms with Crippen LogP contribution in [0.15, 0.2) is 18.2 Å². The van der Waals surface area contributed by atoms with Gasteiger partial charge in [-0.2, -0.15) is 0 Å². The van der Waals surface area contributed by atoms with Crippen LogP contribution in [0.25, 0.3) is 0 Å². The molecule has 0 radical (unpaired) electrons. The average Bonchev–Trinajstić information content (AvgIpc) is 2.38. The molecule has 0 aromatic heterocycles. The van der Waals surface area contributed by atoms with Crippen molar-refractivity contribution in [2.45, 2.75) is 38.6 Å². The first-order valence-electron chi connectivity index (χ1n) is 6.41. The van der Waals surface area contributed by atoms with Gasteiger partial charge in [0, 0.05) is 12.1 Å². The molecule has 0 amide bonds. The zero-order valence-electron chi connectivity index (χ0n) is 10.1. The molecule has 1 aliphatic rings. The Morgan fingerprint density at radius 2 is 2.00 bits per heavy atom. The molecule has 2 rings (SSSR count). The molecule has 17 heavy (non-hydrogen) atoms. The molecule has 1 fully saturated rings. The Morgan fingerprint density at radius 3 is 2.71 bits per heavy atom. The molecule has 0 spiro atoms. The van der Waals surface area contributed by atoms with Crippen LogP contribution in [0, 0.1) is 11.7 Å². The van der Waals surface area contributed by atoms with Gasteiger partial charge in [-0.3, -0.25) is 0 Å². The van der Waals surface area contributed by atoms with Gasteiger partial charge in [0.15, 0.2) is 0 Å². The Bertz CT molecular complexity index is 361. The molecule has 2 N–H and O–H groups in total. The number of ether oxygens (including phenoxy) is 1. The fourth-order valence-corrected chi connectivity index (χ4v) is 2.41. The number of halogens is 1. The number of hydrogen-bond donors (Lipinski definition) is 1. The minimum absolute atomic E-state index is 0.254. The molecule has 1 aromatic carbocycles. The van der Waals surface area contributed by atoms with Gasteiger partial charge in [0.1, 0.15) is 11.6 Å². The van der Waals surface area contributed by atoms with Crippen molar-refractivity contribution >= 4 is 0 Å². The summed E-state index contributed by atoms with van der Waals surface area (Å²) in [7, 11) is 0. The third kappa shape index (κ3) is 3.43. The topological polar surface area (TPSA) is 35.2 Å². The summed E-state index contributed by atoms with van der Waals surface area (Å²) in [5.41, 5.74) is 6.33. The molecular weight excluding hydrogens is 217 g/mol. The Morgan fingerprint density at radius 1 is 1.24 bits per heavy atom. The molecule has 2 nitrogen and oxygen atoms in total. The van der Waals surface area contributed by atoms with Gasteiger partial charge in [0.05, 0.1) is 6.61 Å². The summed E-state index contributed by atoms with van der Waals surface area (Å²) in [6, 6.07) is 4.56. The first kappa shape index (κ1) is 12.4. The van der Waals surface area contributed by atoms with Crippen molar-refractivity contribution in [1.29, 1.82) is 0 Å². The van der Waals surface area contributed by atoms with E-state index in [1.54, 1.807) is 6.07 Å². The summed E-state index contributed by atoms with van der Waals surface area (Å²) in [6.07, 6.45) is 6.46. The van der Waals surface area contributed by atoms with Gasteiger partial charge < -0.3 is 10.5 Å². The Hall–Kier alpha value is -1.09. The summed E-state index contributed by atoms with van der Waals surface area (Å²) >= 11 is 0. The minimum atomic E-state index is -0.254. The van der Waals surface area contributed by atoms with Crippen molar-refractivity contribution in [3.05, 3.63) is 29.6 Å². The standard InChI is InChI=1S/C14H20FNO/c15-13-6-7-14(12(8-13)9-16)17-10-11-4-2-1-3-5-11/h6-8,11H,1-5,9-10,16H2. The van der Waals surface area contributed by atoms with Crippen LogP contribution in [0.2, 0.25) is 0 Å². The molecule has 0 aliphatic heterocycles. The van der Waals surface area contributed by atoms with Crippen LogP contribution in [-0.4, -0.2) is 6.61 Å². The van der Waals surface area contributed by atoms with Crippen molar-refractivity contribution in [2.24, 2.45) is 11.7 Å². The summed E-state index contributed by atoms with van der Waals surface area (Å²) in [5.74, 6) is 1.13. The van der Waals surface area contributed by atoms with Gasteiger partial charge in [-0.15, -0.1) is 0 Å². The van der Waals surface area contributed by atoms with Gasteiger partial charge in [0.25, 0.3) is 0 Å². The molecule has 94 valence electrons. The van der Waals surface area contributed by atoms with Gasteiger partial charge in [-0.25, -0.2) is 4.39 Å². The van der Waals surface area contributed by atoms with Crippen molar-refractivity contribution < 1.29 is 9.13 Å². The highest BCUT2D eigenvalue weighted by Gasteiger charge is 2.14. The van der Waals surface area contributed by atoms with E-state index in [1.807, 2.05) is 0 Å². The second-order valence-corrected chi connectivity index (χ2v) is 4.77. The lowest BCUT2D eigenvalue weighted by Gasteiger charge is -2.22. The summed E-state index contributed by atoms with van der Waals surface area (Å²) in [4.78, 5) is 0. The first-order chi connectivity index (χ1) is 8.29. The molecule has 0 unspecified atom stereocenters. The smallest absolute Gasteiger partial charge is 0.123 e. The van der Waals surface area contributed by atoms with E-state index in [0.717, 1.165) is 17.9 Å². The number of rotatable bonds is 4. The molecule has 0 atom stereocenters. The second kappa shape index (κ2) is 6.01. The van der Waals surface area contributed by atoms with Crippen LogP contribution in [0.5, 0.6) is 5.75 Å². The van der Waals surface area contributed by atoms with Gasteiger partial charge in [-0.05, 0) is 37.0 Å². The lowest BCUT2D eigenvalue weighted by atomic mass is 9.90. The highest BCUT2D eigenvalue weighted by molar-refractivity contribution is 5.33. The van der Waals surface area contributed by atoms with Crippen LogP contribution >= 0.6 is 0 Å². The van der Waals surface area contributed by atoms with Gasteiger partial charge in [0.2, 0.25) is 0 Å². The molecule has 0 heterocycles. The van der Waals surface area contributed by atoms with Crippen molar-refractivity contribution in [1.82, 2.24) is 0 Å². The van der Waals surface area contributed by atoms with Gasteiger partial charge in [-0.1, -0.05) is 19.3 Å². The maximum atomic E-state index is 13.0. The fourth-order valence-electron chi connectivity index (χ4n) is 2.41. The van der Waals surface area contributed by atoms with Crippen molar-refractivity contribution in [3.63, 3.8) is 0 Å². The predicted octanol–water partition coefficient (Wildman–Crippen LogP) is 3.24. The monoisotopic (exact) mass is 237 g/mol. The lowest BCUT2D eigenvalue weighted by molar-refractivity contribution is 0.207. The Kier molecular flexibility index (Phi) is 4.37. The average molecular weight is 237 g/mol. The molecule has 1 aliphatic carbocycles. The maximum Gasteiger partial charge on any atom is 0.123 e.